The summed E-state index contributed by atoms with van der Waals surface area (Å²) in [5.41, 5.74) is 0.777. The first-order chi connectivity index (χ1) is 19.3. The highest BCUT2D eigenvalue weighted by atomic mass is 32.2. The topological polar surface area (TPSA) is 114 Å². The smallest absolute Gasteiger partial charge is 0.264 e. The minimum absolute atomic E-state index is 0.0279. The molecule has 0 spiro atoms. The molecule has 1 aliphatic rings. The van der Waals surface area contributed by atoms with Gasteiger partial charge in [0, 0.05) is 18.0 Å². The van der Waals surface area contributed by atoms with Gasteiger partial charge in [0.2, 0.25) is 5.91 Å². The normalized spacial score (nSPS) is 14.9. The summed E-state index contributed by atoms with van der Waals surface area (Å²) in [6, 6.07) is 19.7. The number of nitrogens with one attached hydrogen (secondary N) is 2. The zero-order valence-corrected chi connectivity index (χ0v) is 24.1. The van der Waals surface area contributed by atoms with E-state index in [2.05, 4.69) is 10.6 Å². The van der Waals surface area contributed by atoms with Gasteiger partial charge in [0.1, 0.15) is 12.3 Å². The van der Waals surface area contributed by atoms with Gasteiger partial charge in [-0.15, -0.1) is 11.8 Å². The van der Waals surface area contributed by atoms with Gasteiger partial charge in [-0.25, -0.2) is 8.42 Å². The number of hydrogen-bond donors (Lipinski definition) is 2. The van der Waals surface area contributed by atoms with Crippen LogP contribution in [0.15, 0.2) is 82.6 Å². The van der Waals surface area contributed by atoms with E-state index in [0.29, 0.717) is 25.5 Å². The van der Waals surface area contributed by atoms with Gasteiger partial charge in [-0.3, -0.25) is 13.9 Å². The number of anilines is 2. The molecule has 0 aromatic heterocycles. The van der Waals surface area contributed by atoms with Crippen LogP contribution in [0.2, 0.25) is 0 Å². The van der Waals surface area contributed by atoms with Gasteiger partial charge in [-0.05, 0) is 74.6 Å². The molecule has 0 radical (unpaired) electrons. The molecule has 0 aliphatic carbocycles. The van der Waals surface area contributed by atoms with Gasteiger partial charge in [-0.2, -0.15) is 0 Å². The van der Waals surface area contributed by atoms with E-state index in [0.717, 1.165) is 22.0 Å². The molecule has 40 heavy (non-hydrogen) atoms. The van der Waals surface area contributed by atoms with Crippen LogP contribution in [0.4, 0.5) is 11.4 Å². The number of para-hydroxylation sites is 3. The highest BCUT2D eigenvalue weighted by Crippen LogP contribution is 2.33. The molecule has 0 unspecified atom stereocenters. The van der Waals surface area contributed by atoms with Crippen molar-refractivity contribution in [2.24, 2.45) is 0 Å². The number of hydrogen-bond acceptors (Lipinski definition) is 7. The minimum atomic E-state index is -4.16. The third-order valence-electron chi connectivity index (χ3n) is 6.33. The van der Waals surface area contributed by atoms with E-state index < -0.39 is 22.5 Å². The summed E-state index contributed by atoms with van der Waals surface area (Å²) >= 11 is 1.50. The van der Waals surface area contributed by atoms with Gasteiger partial charge < -0.3 is 20.1 Å². The van der Waals surface area contributed by atoms with Crippen molar-refractivity contribution in [3.05, 3.63) is 78.4 Å². The molecule has 1 fully saturated rings. The number of amides is 2. The van der Waals surface area contributed by atoms with E-state index in [4.69, 9.17) is 9.47 Å². The number of sulfonamides is 1. The molecule has 0 bridgehead atoms. The zero-order chi connectivity index (χ0) is 28.5. The zero-order valence-electron chi connectivity index (χ0n) is 22.5. The number of thioether (sulfide) groups is 1. The average molecular weight is 584 g/mol. The molecule has 2 amide bonds. The third-order valence-corrected chi connectivity index (χ3v) is 8.85. The molecule has 4 rings (SSSR count). The van der Waals surface area contributed by atoms with Crippen LogP contribution in [0.5, 0.6) is 5.75 Å². The molecule has 212 valence electrons. The van der Waals surface area contributed by atoms with Gasteiger partial charge >= 0.3 is 0 Å². The summed E-state index contributed by atoms with van der Waals surface area (Å²) in [5, 5.41) is 5.59. The monoisotopic (exact) mass is 583 g/mol. The van der Waals surface area contributed by atoms with Crippen LogP contribution in [-0.4, -0.2) is 58.9 Å². The van der Waals surface area contributed by atoms with Crippen LogP contribution in [0.25, 0.3) is 0 Å². The summed E-state index contributed by atoms with van der Waals surface area (Å²) in [4.78, 5) is 27.2. The van der Waals surface area contributed by atoms with Crippen molar-refractivity contribution in [2.45, 2.75) is 35.7 Å². The molecule has 9 nitrogen and oxygen atoms in total. The Hall–Kier alpha value is -3.54. The lowest BCUT2D eigenvalue weighted by atomic mass is 10.1. The van der Waals surface area contributed by atoms with Crippen LogP contribution in [-0.2, 0) is 19.6 Å². The molecule has 2 N–H and O–H groups in total. The number of rotatable bonds is 12. The molecule has 1 saturated heterocycles. The van der Waals surface area contributed by atoms with Crippen LogP contribution < -0.4 is 19.7 Å². The van der Waals surface area contributed by atoms with Crippen molar-refractivity contribution in [1.82, 2.24) is 5.32 Å². The molecule has 3 aromatic rings. The molecular formula is C29H33N3O6S2. The average Bonchev–Trinajstić information content (AvgIpc) is 3.49. The highest BCUT2D eigenvalue weighted by Gasteiger charge is 2.30. The maximum absolute atomic E-state index is 13.9. The largest absolute Gasteiger partial charge is 0.492 e. The van der Waals surface area contributed by atoms with Crippen molar-refractivity contribution >= 4 is 45.0 Å². The second-order valence-corrected chi connectivity index (χ2v) is 11.8. The summed E-state index contributed by atoms with van der Waals surface area (Å²) in [6.45, 7) is 2.62. The van der Waals surface area contributed by atoms with Crippen LogP contribution in [0.3, 0.4) is 0 Å². The molecule has 11 heteroatoms. The quantitative estimate of drug-likeness (QED) is 0.301. The second-order valence-electron chi connectivity index (χ2n) is 9.03. The molecule has 1 heterocycles. The van der Waals surface area contributed by atoms with Crippen LogP contribution in [0, 0.1) is 0 Å². The predicted molar refractivity (Wildman–Crippen MR) is 157 cm³/mol. The lowest BCUT2D eigenvalue weighted by Crippen LogP contribution is -2.39. The van der Waals surface area contributed by atoms with E-state index >= 15 is 0 Å². The van der Waals surface area contributed by atoms with E-state index in [-0.39, 0.29) is 33.8 Å². The van der Waals surface area contributed by atoms with Crippen molar-refractivity contribution in [1.29, 1.82) is 0 Å². The van der Waals surface area contributed by atoms with E-state index in [1.54, 1.807) is 67.6 Å². The summed E-state index contributed by atoms with van der Waals surface area (Å²) in [6.07, 6.45) is 3.71. The minimum Gasteiger partial charge on any atom is -0.492 e. The SMILES string of the molecule is CCOc1ccccc1N(CC(=O)Nc1ccccc1C(=O)NC[C@@H]1CCCO1)S(=O)(=O)c1ccc(SC)cc1. The molecule has 0 saturated carbocycles. The van der Waals surface area contributed by atoms with Crippen LogP contribution in [0.1, 0.15) is 30.1 Å². The van der Waals surface area contributed by atoms with Crippen molar-refractivity contribution in [2.75, 3.05) is 42.2 Å². The Bertz CT molecular complexity index is 1420. The van der Waals surface area contributed by atoms with E-state index in [1.807, 2.05) is 6.26 Å². The lowest BCUT2D eigenvalue weighted by molar-refractivity contribution is -0.114. The standard InChI is InChI=1S/C29H33N3O6S2/c1-3-37-27-13-7-6-12-26(27)32(40(35,36)23-16-14-22(39-2)15-17-23)20-28(33)31-25-11-5-4-10-24(25)29(34)30-19-21-9-8-18-38-21/h4-7,10-17,21H,3,8-9,18-20H2,1-2H3,(H,30,34)(H,31,33)/t21-/m0/s1. The van der Waals surface area contributed by atoms with Gasteiger partial charge in [-0.1, -0.05) is 24.3 Å². The fourth-order valence-electron chi connectivity index (χ4n) is 4.33. The van der Waals surface area contributed by atoms with E-state index in [1.165, 1.54) is 23.9 Å². The Balaban J connectivity index is 1.60. The summed E-state index contributed by atoms with van der Waals surface area (Å²) < 4.78 is 40.0. The number of benzene rings is 3. The fraction of sp³-hybridized carbons (Fsp3) is 0.310. The van der Waals surface area contributed by atoms with Crippen molar-refractivity contribution in [3.8, 4) is 5.75 Å². The molecular weight excluding hydrogens is 550 g/mol. The number of carbonyl (C=O) groups is 2. The summed E-state index contributed by atoms with van der Waals surface area (Å²) in [7, 11) is -4.16. The lowest BCUT2D eigenvalue weighted by Gasteiger charge is -2.26. The van der Waals surface area contributed by atoms with Gasteiger partial charge in [0.05, 0.1) is 34.5 Å². The second kappa shape index (κ2) is 13.7. The van der Waals surface area contributed by atoms with Gasteiger partial charge in [0.25, 0.3) is 15.9 Å². The van der Waals surface area contributed by atoms with Crippen molar-refractivity contribution in [3.63, 3.8) is 0 Å². The Morgan fingerprint density at radius 1 is 1.05 bits per heavy atom. The van der Waals surface area contributed by atoms with Crippen LogP contribution >= 0.6 is 11.8 Å². The Labute approximate surface area is 239 Å². The van der Waals surface area contributed by atoms with E-state index in [9.17, 15) is 18.0 Å². The first-order valence-electron chi connectivity index (χ1n) is 13.0. The predicted octanol–water partition coefficient (Wildman–Crippen LogP) is 4.55. The third kappa shape index (κ3) is 7.15. The van der Waals surface area contributed by atoms with Gasteiger partial charge in [0.15, 0.2) is 0 Å². The molecule has 1 atom stereocenters. The maximum Gasteiger partial charge on any atom is 0.264 e. The fourth-order valence-corrected chi connectivity index (χ4v) is 6.17. The number of ether oxygens (including phenoxy) is 2. The maximum atomic E-state index is 13.9. The molecule has 1 aliphatic heterocycles. The Kier molecular flexibility index (Phi) is 10.1. The summed E-state index contributed by atoms with van der Waals surface area (Å²) in [5.74, 6) is -0.641. The first kappa shape index (κ1) is 29.4. The number of carbonyl (C=O) groups excluding carboxylic acids is 2. The van der Waals surface area contributed by atoms with Crippen molar-refractivity contribution < 1.29 is 27.5 Å². The Morgan fingerprint density at radius 2 is 1.77 bits per heavy atom. The molecule has 3 aromatic carbocycles. The Morgan fingerprint density at radius 3 is 2.48 bits per heavy atom. The highest BCUT2D eigenvalue weighted by molar-refractivity contribution is 7.98. The first-order valence-corrected chi connectivity index (χ1v) is 15.7. The number of nitrogens with zero attached hydrogens (tertiary/aromatic N) is 1.